The Bertz CT molecular complexity index is 291. The van der Waals surface area contributed by atoms with Crippen molar-refractivity contribution in [3.05, 3.63) is 12.2 Å². The Morgan fingerprint density at radius 3 is 1.80 bits per heavy atom. The minimum Gasteiger partial charge on any atom is -0.174 e. The van der Waals surface area contributed by atoms with Crippen molar-refractivity contribution in [2.45, 2.75) is 77.6 Å². The van der Waals surface area contributed by atoms with E-state index in [-0.39, 0.29) is 0 Å². The highest BCUT2D eigenvalue weighted by atomic mass is 19.3. The number of rotatable bonds is 5. The third-order valence-electron chi connectivity index (χ3n) is 5.90. The summed E-state index contributed by atoms with van der Waals surface area (Å²) in [4.78, 5) is 0. The highest BCUT2D eigenvalue weighted by Gasteiger charge is 2.30. The molecule has 0 bridgehead atoms. The summed E-state index contributed by atoms with van der Waals surface area (Å²) >= 11 is 0. The molecule has 0 radical (unpaired) electrons. The third-order valence-corrected chi connectivity index (χ3v) is 5.90. The van der Waals surface area contributed by atoms with Crippen LogP contribution in [0.2, 0.25) is 0 Å². The summed E-state index contributed by atoms with van der Waals surface area (Å²) in [5.41, 5.74) is 0. The molecule has 2 rings (SSSR count). The topological polar surface area (TPSA) is 0 Å². The van der Waals surface area contributed by atoms with Crippen LogP contribution in [0, 0.1) is 23.7 Å². The maximum absolute atomic E-state index is 12.0. The van der Waals surface area contributed by atoms with Gasteiger partial charge in [-0.15, -0.1) is 0 Å². The number of halogens is 2. The summed E-state index contributed by atoms with van der Waals surface area (Å²) in [5, 5.41) is 0. The quantitative estimate of drug-likeness (QED) is 0.535. The van der Waals surface area contributed by atoms with Gasteiger partial charge in [0, 0.05) is 0 Å². The molecule has 0 nitrogen and oxygen atoms in total. The van der Waals surface area contributed by atoms with E-state index in [2.05, 4.69) is 6.92 Å². The van der Waals surface area contributed by atoms with Crippen molar-refractivity contribution >= 4 is 0 Å². The Hall–Kier alpha value is -0.400. The van der Waals surface area contributed by atoms with Crippen LogP contribution in [0.5, 0.6) is 0 Å². The SMILES string of the molecule is CC[C@H]1CC[C@H](C2CCC(CCC=C(F)F)CC2)CC1. The second-order valence-electron chi connectivity index (χ2n) is 7.04. The van der Waals surface area contributed by atoms with E-state index in [0.29, 0.717) is 12.3 Å². The van der Waals surface area contributed by atoms with Gasteiger partial charge < -0.3 is 0 Å². The fraction of sp³-hybridized carbons (Fsp3) is 0.889. The summed E-state index contributed by atoms with van der Waals surface area (Å²) in [5.74, 6) is 3.61. The fourth-order valence-corrected chi connectivity index (χ4v) is 4.44. The van der Waals surface area contributed by atoms with Crippen molar-refractivity contribution in [3.8, 4) is 0 Å². The van der Waals surface area contributed by atoms with E-state index in [1.54, 1.807) is 0 Å². The van der Waals surface area contributed by atoms with Crippen molar-refractivity contribution in [1.29, 1.82) is 0 Å². The predicted octanol–water partition coefficient (Wildman–Crippen LogP) is 6.57. The lowest BCUT2D eigenvalue weighted by molar-refractivity contribution is 0.143. The smallest absolute Gasteiger partial charge is 0.174 e. The molecule has 0 saturated heterocycles. The standard InChI is InChI=1S/C18H30F2/c1-2-14-6-10-16(11-7-14)17-12-8-15(9-13-17)4-3-5-18(19)20/h5,14-17H,2-4,6-13H2,1H3/t14-,15?,16-,17?. The van der Waals surface area contributed by atoms with Crippen molar-refractivity contribution < 1.29 is 8.78 Å². The summed E-state index contributed by atoms with van der Waals surface area (Å²) in [7, 11) is 0. The fourth-order valence-electron chi connectivity index (χ4n) is 4.44. The maximum Gasteiger partial charge on any atom is 0.266 e. The Labute approximate surface area is 123 Å². The first-order valence-corrected chi connectivity index (χ1v) is 8.70. The van der Waals surface area contributed by atoms with Crippen LogP contribution in [0.4, 0.5) is 8.78 Å². The van der Waals surface area contributed by atoms with E-state index in [1.807, 2.05) is 0 Å². The van der Waals surface area contributed by atoms with Crippen LogP contribution in [0.3, 0.4) is 0 Å². The molecule has 0 spiro atoms. The first-order valence-electron chi connectivity index (χ1n) is 8.70. The molecule has 2 saturated carbocycles. The summed E-state index contributed by atoms with van der Waals surface area (Å²) < 4.78 is 24.0. The number of hydrogen-bond donors (Lipinski definition) is 0. The van der Waals surface area contributed by atoms with Gasteiger partial charge in [0.05, 0.1) is 0 Å². The molecule has 0 N–H and O–H groups in total. The second-order valence-corrected chi connectivity index (χ2v) is 7.04. The van der Waals surface area contributed by atoms with Gasteiger partial charge in [0.25, 0.3) is 6.08 Å². The van der Waals surface area contributed by atoms with Gasteiger partial charge in [-0.05, 0) is 68.3 Å². The van der Waals surface area contributed by atoms with Crippen LogP contribution in [-0.2, 0) is 0 Å². The van der Waals surface area contributed by atoms with Crippen molar-refractivity contribution in [2.24, 2.45) is 23.7 Å². The summed E-state index contributed by atoms with van der Waals surface area (Å²) in [6.07, 6.45) is 13.5. The zero-order chi connectivity index (χ0) is 14.4. The van der Waals surface area contributed by atoms with Crippen molar-refractivity contribution in [2.75, 3.05) is 0 Å². The molecular weight excluding hydrogens is 254 g/mol. The highest BCUT2D eigenvalue weighted by molar-refractivity contribution is 4.84. The van der Waals surface area contributed by atoms with Crippen LogP contribution in [0.15, 0.2) is 12.2 Å². The zero-order valence-electron chi connectivity index (χ0n) is 12.9. The summed E-state index contributed by atoms with van der Waals surface area (Å²) in [6, 6.07) is 0. The lowest BCUT2D eigenvalue weighted by Crippen LogP contribution is -2.25. The normalized spacial score (nSPS) is 34.8. The molecule has 2 fully saturated rings. The summed E-state index contributed by atoms with van der Waals surface area (Å²) in [6.45, 7) is 2.32. The molecule has 0 aromatic rings. The molecule has 0 aromatic heterocycles. The molecule has 20 heavy (non-hydrogen) atoms. The molecule has 0 atom stereocenters. The molecule has 0 heterocycles. The Balaban J connectivity index is 1.65. The largest absolute Gasteiger partial charge is 0.266 e. The molecule has 2 heteroatoms. The molecule has 0 unspecified atom stereocenters. The number of hydrogen-bond acceptors (Lipinski definition) is 0. The van der Waals surface area contributed by atoms with E-state index in [9.17, 15) is 8.78 Å². The van der Waals surface area contributed by atoms with E-state index in [4.69, 9.17) is 0 Å². The van der Waals surface area contributed by atoms with Crippen LogP contribution >= 0.6 is 0 Å². The van der Waals surface area contributed by atoms with Gasteiger partial charge in [0.15, 0.2) is 0 Å². The average molecular weight is 284 g/mol. The van der Waals surface area contributed by atoms with Crippen LogP contribution in [0.1, 0.15) is 77.6 Å². The molecule has 0 aliphatic heterocycles. The minimum atomic E-state index is -1.51. The Morgan fingerprint density at radius 1 is 0.850 bits per heavy atom. The van der Waals surface area contributed by atoms with E-state index >= 15 is 0 Å². The third kappa shape index (κ3) is 4.86. The van der Waals surface area contributed by atoms with Crippen LogP contribution in [-0.4, -0.2) is 0 Å². The van der Waals surface area contributed by atoms with Gasteiger partial charge in [-0.2, -0.15) is 8.78 Å². The molecule has 2 aliphatic carbocycles. The van der Waals surface area contributed by atoms with Crippen molar-refractivity contribution in [1.82, 2.24) is 0 Å². The highest BCUT2D eigenvalue weighted by Crippen LogP contribution is 2.42. The predicted molar refractivity (Wildman–Crippen MR) is 80.7 cm³/mol. The Morgan fingerprint density at radius 2 is 1.35 bits per heavy atom. The maximum atomic E-state index is 12.0. The first-order chi connectivity index (χ1) is 9.69. The van der Waals surface area contributed by atoms with Crippen LogP contribution < -0.4 is 0 Å². The van der Waals surface area contributed by atoms with Gasteiger partial charge in [0.1, 0.15) is 0 Å². The number of allylic oxidation sites excluding steroid dienone is 1. The average Bonchev–Trinajstić information content (AvgIpc) is 2.48. The molecule has 0 aromatic carbocycles. The van der Waals surface area contributed by atoms with Crippen LogP contribution in [0.25, 0.3) is 0 Å². The molecular formula is C18H30F2. The van der Waals surface area contributed by atoms with E-state index < -0.39 is 6.08 Å². The molecule has 2 aliphatic rings. The van der Waals surface area contributed by atoms with E-state index in [0.717, 1.165) is 30.3 Å². The lowest BCUT2D eigenvalue weighted by Gasteiger charge is -2.37. The van der Waals surface area contributed by atoms with Gasteiger partial charge in [0.2, 0.25) is 0 Å². The van der Waals surface area contributed by atoms with Crippen molar-refractivity contribution in [3.63, 3.8) is 0 Å². The van der Waals surface area contributed by atoms with E-state index in [1.165, 1.54) is 57.8 Å². The molecule has 116 valence electrons. The minimum absolute atomic E-state index is 0.569. The van der Waals surface area contributed by atoms with Gasteiger partial charge in [-0.25, -0.2) is 0 Å². The van der Waals surface area contributed by atoms with Gasteiger partial charge >= 0.3 is 0 Å². The monoisotopic (exact) mass is 284 g/mol. The molecule has 0 amide bonds. The second kappa shape index (κ2) is 8.14. The lowest BCUT2D eigenvalue weighted by atomic mass is 9.68. The zero-order valence-corrected chi connectivity index (χ0v) is 12.9. The van der Waals surface area contributed by atoms with Gasteiger partial charge in [-0.3, -0.25) is 0 Å². The van der Waals surface area contributed by atoms with Gasteiger partial charge in [-0.1, -0.05) is 39.0 Å². The Kier molecular flexibility index (Phi) is 6.51. The first kappa shape index (κ1) is 16.0.